The third kappa shape index (κ3) is 3.42. The van der Waals surface area contributed by atoms with Crippen molar-refractivity contribution in [2.75, 3.05) is 6.54 Å². The van der Waals surface area contributed by atoms with E-state index in [0.717, 1.165) is 18.4 Å². The summed E-state index contributed by atoms with van der Waals surface area (Å²) in [5.74, 6) is -2.57. The van der Waals surface area contributed by atoms with Crippen LogP contribution in [0.2, 0.25) is 5.02 Å². The molecule has 5 heteroatoms. The van der Waals surface area contributed by atoms with Gasteiger partial charge in [0.15, 0.2) is 0 Å². The Labute approximate surface area is 140 Å². The van der Waals surface area contributed by atoms with E-state index in [9.17, 15) is 14.7 Å². The number of allylic oxidation sites excluding steroid dienone is 2. The van der Waals surface area contributed by atoms with Gasteiger partial charge in [0.25, 0.3) is 0 Å². The molecule has 0 spiro atoms. The quantitative estimate of drug-likeness (QED) is 0.832. The molecule has 0 radical (unpaired) electrons. The molecule has 0 aliphatic heterocycles. The van der Waals surface area contributed by atoms with Crippen LogP contribution in [0.4, 0.5) is 0 Å². The van der Waals surface area contributed by atoms with Crippen LogP contribution in [0.1, 0.15) is 18.4 Å². The van der Waals surface area contributed by atoms with E-state index in [1.807, 2.05) is 30.4 Å². The van der Waals surface area contributed by atoms with Gasteiger partial charge in [0.1, 0.15) is 0 Å². The number of carboxylic acid groups (broad SMARTS) is 1. The number of fused-ring (bicyclic) bond motifs is 2. The van der Waals surface area contributed by atoms with Gasteiger partial charge in [-0.2, -0.15) is 0 Å². The van der Waals surface area contributed by atoms with E-state index in [0.29, 0.717) is 18.0 Å². The van der Waals surface area contributed by atoms with Crippen LogP contribution in [-0.2, 0) is 16.0 Å². The lowest BCUT2D eigenvalue weighted by Crippen LogP contribution is -2.52. The Bertz CT molecular complexity index is 643. The summed E-state index contributed by atoms with van der Waals surface area (Å²) in [5, 5.41) is 15.0. The minimum absolute atomic E-state index is 0.00840. The number of amides is 1. The van der Waals surface area contributed by atoms with E-state index in [1.54, 1.807) is 6.07 Å². The Hall–Kier alpha value is -1.81. The maximum absolute atomic E-state index is 12.5. The molecular weight excluding hydrogens is 314 g/mol. The molecule has 1 amide bonds. The average Bonchev–Trinajstić information content (AvgIpc) is 2.55. The summed E-state index contributed by atoms with van der Waals surface area (Å²) in [6, 6.07) is 7.49. The molecule has 0 aromatic heterocycles. The number of rotatable bonds is 5. The monoisotopic (exact) mass is 332 g/mol. The molecule has 23 heavy (non-hydrogen) atoms. The number of nitrogens with one attached hydrogen (secondary N) is 1. The standard InChI is InChI=1S/C18H20ClNO3/c19-14-3-1-2-11(10-14)8-9-20-17(21)15-12-4-6-13(7-5-12)16(15)18(22)23/h1-4,6,10,12-13,15-16H,5,7-9H2,(H,20,21)(H,22,23)/p-1/t12-,13+,15+,16+/m1/s1. The van der Waals surface area contributed by atoms with Crippen LogP contribution < -0.4 is 10.4 Å². The van der Waals surface area contributed by atoms with Gasteiger partial charge in [-0.3, -0.25) is 4.79 Å². The summed E-state index contributed by atoms with van der Waals surface area (Å²) in [6.45, 7) is 0.469. The van der Waals surface area contributed by atoms with Crippen molar-refractivity contribution in [3.05, 3.63) is 47.0 Å². The third-order valence-electron chi connectivity index (χ3n) is 4.93. The molecule has 4 atom stereocenters. The van der Waals surface area contributed by atoms with Crippen LogP contribution in [0.15, 0.2) is 36.4 Å². The van der Waals surface area contributed by atoms with Gasteiger partial charge in [-0.15, -0.1) is 0 Å². The lowest BCUT2D eigenvalue weighted by molar-refractivity contribution is -0.316. The van der Waals surface area contributed by atoms with Gasteiger partial charge in [0.05, 0.1) is 5.92 Å². The van der Waals surface area contributed by atoms with Crippen LogP contribution in [-0.4, -0.2) is 18.4 Å². The molecule has 4 rings (SSSR count). The predicted molar refractivity (Wildman–Crippen MR) is 85.5 cm³/mol. The van der Waals surface area contributed by atoms with Crippen molar-refractivity contribution in [2.45, 2.75) is 19.3 Å². The first-order chi connectivity index (χ1) is 11.1. The van der Waals surface area contributed by atoms with E-state index in [-0.39, 0.29) is 17.7 Å². The average molecular weight is 333 g/mol. The Morgan fingerprint density at radius 1 is 1.17 bits per heavy atom. The maximum atomic E-state index is 12.5. The molecule has 1 aromatic carbocycles. The second-order valence-electron chi connectivity index (χ2n) is 6.33. The molecule has 0 heterocycles. The maximum Gasteiger partial charge on any atom is 0.224 e. The fourth-order valence-electron chi connectivity index (χ4n) is 3.81. The Kier molecular flexibility index (Phi) is 4.71. The molecule has 122 valence electrons. The van der Waals surface area contributed by atoms with Gasteiger partial charge in [-0.05, 0) is 48.8 Å². The van der Waals surface area contributed by atoms with Gasteiger partial charge in [0.2, 0.25) is 5.91 Å². The van der Waals surface area contributed by atoms with Crippen LogP contribution in [0.5, 0.6) is 0 Å². The molecule has 1 fully saturated rings. The van der Waals surface area contributed by atoms with Gasteiger partial charge in [-0.1, -0.05) is 35.9 Å². The van der Waals surface area contributed by atoms with Crippen LogP contribution >= 0.6 is 11.6 Å². The Morgan fingerprint density at radius 2 is 1.87 bits per heavy atom. The second kappa shape index (κ2) is 6.75. The summed E-state index contributed by atoms with van der Waals surface area (Å²) >= 11 is 5.94. The SMILES string of the molecule is O=C(NCCc1cccc(Cl)c1)[C@@H]1[C@@H](C(=O)[O-])[C@H]2C=C[C@@H]1CC2. The van der Waals surface area contributed by atoms with Gasteiger partial charge >= 0.3 is 0 Å². The lowest BCUT2D eigenvalue weighted by Gasteiger charge is -2.44. The highest BCUT2D eigenvalue weighted by atomic mass is 35.5. The zero-order chi connectivity index (χ0) is 16.4. The summed E-state index contributed by atoms with van der Waals surface area (Å²) in [7, 11) is 0. The summed E-state index contributed by atoms with van der Waals surface area (Å²) in [6.07, 6.45) is 6.29. The molecule has 0 saturated heterocycles. The minimum Gasteiger partial charge on any atom is -0.550 e. The number of hydrogen-bond acceptors (Lipinski definition) is 3. The smallest absolute Gasteiger partial charge is 0.224 e. The van der Waals surface area contributed by atoms with Crippen LogP contribution in [0, 0.1) is 23.7 Å². The molecule has 0 unspecified atom stereocenters. The number of hydrogen-bond donors (Lipinski definition) is 1. The highest BCUT2D eigenvalue weighted by molar-refractivity contribution is 6.30. The highest BCUT2D eigenvalue weighted by Gasteiger charge is 2.44. The van der Waals surface area contributed by atoms with E-state index in [1.165, 1.54) is 0 Å². The zero-order valence-electron chi connectivity index (χ0n) is 12.7. The largest absolute Gasteiger partial charge is 0.550 e. The second-order valence-corrected chi connectivity index (χ2v) is 6.77. The van der Waals surface area contributed by atoms with E-state index in [4.69, 9.17) is 11.6 Å². The number of halogens is 1. The number of carbonyl (C=O) groups excluding carboxylic acids is 2. The molecule has 1 aromatic rings. The van der Waals surface area contributed by atoms with Crippen molar-refractivity contribution < 1.29 is 14.7 Å². The van der Waals surface area contributed by atoms with Crippen LogP contribution in [0.25, 0.3) is 0 Å². The fourth-order valence-corrected chi connectivity index (χ4v) is 4.03. The number of carboxylic acids is 1. The van der Waals surface area contributed by atoms with E-state index >= 15 is 0 Å². The van der Waals surface area contributed by atoms with Crippen molar-refractivity contribution >= 4 is 23.5 Å². The molecule has 3 aliphatic carbocycles. The molecular formula is C18H19ClNO3-. The van der Waals surface area contributed by atoms with Crippen molar-refractivity contribution in [3.63, 3.8) is 0 Å². The number of benzene rings is 1. The summed E-state index contributed by atoms with van der Waals surface area (Å²) in [4.78, 5) is 23.9. The molecule has 1 N–H and O–H groups in total. The first-order valence-corrected chi connectivity index (χ1v) is 8.35. The van der Waals surface area contributed by atoms with Crippen molar-refractivity contribution in [3.8, 4) is 0 Å². The summed E-state index contributed by atoms with van der Waals surface area (Å²) in [5.41, 5.74) is 1.04. The first-order valence-electron chi connectivity index (χ1n) is 7.97. The van der Waals surface area contributed by atoms with Crippen molar-refractivity contribution in [1.82, 2.24) is 5.32 Å². The van der Waals surface area contributed by atoms with E-state index in [2.05, 4.69) is 5.32 Å². The Balaban J connectivity index is 1.61. The topological polar surface area (TPSA) is 69.2 Å². The molecule has 1 saturated carbocycles. The molecule has 3 aliphatic rings. The van der Waals surface area contributed by atoms with Gasteiger partial charge < -0.3 is 15.2 Å². The summed E-state index contributed by atoms with van der Waals surface area (Å²) < 4.78 is 0. The van der Waals surface area contributed by atoms with Gasteiger partial charge in [0, 0.05) is 23.5 Å². The van der Waals surface area contributed by atoms with Gasteiger partial charge in [-0.25, -0.2) is 0 Å². The zero-order valence-corrected chi connectivity index (χ0v) is 13.5. The number of carbonyl (C=O) groups is 2. The Morgan fingerprint density at radius 3 is 2.48 bits per heavy atom. The van der Waals surface area contributed by atoms with Crippen molar-refractivity contribution in [1.29, 1.82) is 0 Å². The minimum atomic E-state index is -1.11. The molecule has 4 nitrogen and oxygen atoms in total. The van der Waals surface area contributed by atoms with Crippen molar-refractivity contribution in [2.24, 2.45) is 23.7 Å². The fraction of sp³-hybridized carbons (Fsp3) is 0.444. The number of aliphatic carboxylic acids is 1. The molecule has 2 bridgehead atoms. The van der Waals surface area contributed by atoms with Crippen LogP contribution in [0.3, 0.4) is 0 Å². The first kappa shape index (κ1) is 16.1. The normalized spacial score (nSPS) is 28.6. The lowest BCUT2D eigenvalue weighted by atomic mass is 9.62. The third-order valence-corrected chi connectivity index (χ3v) is 5.16. The highest BCUT2D eigenvalue weighted by Crippen LogP contribution is 2.44. The van der Waals surface area contributed by atoms with E-state index < -0.39 is 17.8 Å². The predicted octanol–water partition coefficient (Wildman–Crippen LogP) is 1.58.